The highest BCUT2D eigenvalue weighted by molar-refractivity contribution is 8.13. The number of hydrogen-bond donors (Lipinski definition) is 1. The van der Waals surface area contributed by atoms with E-state index in [0.717, 1.165) is 6.42 Å². The average molecular weight is 247 g/mol. The lowest BCUT2D eigenvalue weighted by molar-refractivity contribution is -0.109. The van der Waals surface area contributed by atoms with E-state index in [4.69, 9.17) is 4.74 Å². The van der Waals surface area contributed by atoms with Crippen molar-refractivity contribution in [3.05, 3.63) is 0 Å². The summed E-state index contributed by atoms with van der Waals surface area (Å²) in [5.41, 5.74) is -0.474. The van der Waals surface area contributed by atoms with Gasteiger partial charge in [-0.25, -0.2) is 4.79 Å². The van der Waals surface area contributed by atoms with Crippen molar-refractivity contribution in [2.75, 3.05) is 5.75 Å². The highest BCUT2D eigenvalue weighted by Crippen LogP contribution is 2.08. The number of amides is 1. The number of carbonyl (C=O) groups excluding carboxylic acids is 2. The topological polar surface area (TPSA) is 55.4 Å². The van der Waals surface area contributed by atoms with E-state index in [-0.39, 0.29) is 11.2 Å². The zero-order valence-corrected chi connectivity index (χ0v) is 11.4. The number of hydrogen-bond acceptors (Lipinski definition) is 4. The van der Waals surface area contributed by atoms with Crippen LogP contribution in [0.2, 0.25) is 0 Å². The van der Waals surface area contributed by atoms with Crippen molar-refractivity contribution in [3.8, 4) is 0 Å². The lowest BCUT2D eigenvalue weighted by Gasteiger charge is -2.21. The molecule has 0 unspecified atom stereocenters. The van der Waals surface area contributed by atoms with Gasteiger partial charge in [-0.1, -0.05) is 11.8 Å². The second kappa shape index (κ2) is 6.78. The van der Waals surface area contributed by atoms with E-state index in [9.17, 15) is 9.59 Å². The van der Waals surface area contributed by atoms with Crippen LogP contribution in [0.4, 0.5) is 4.79 Å². The third-order valence-corrected chi connectivity index (χ3v) is 2.47. The van der Waals surface area contributed by atoms with Crippen molar-refractivity contribution in [2.45, 2.75) is 52.7 Å². The van der Waals surface area contributed by atoms with Gasteiger partial charge in [0.05, 0.1) is 0 Å². The van der Waals surface area contributed by atoms with E-state index in [1.165, 1.54) is 18.7 Å². The summed E-state index contributed by atoms with van der Waals surface area (Å²) in [7, 11) is 0. The predicted molar refractivity (Wildman–Crippen MR) is 66.6 cm³/mol. The van der Waals surface area contributed by atoms with Gasteiger partial charge in [-0.15, -0.1) is 0 Å². The molecule has 0 fully saturated rings. The van der Waals surface area contributed by atoms with Crippen molar-refractivity contribution in [2.24, 2.45) is 0 Å². The molecule has 0 saturated heterocycles. The molecule has 5 heteroatoms. The maximum absolute atomic E-state index is 11.4. The first-order valence-corrected chi connectivity index (χ1v) is 6.32. The fraction of sp³-hybridized carbons (Fsp3) is 0.818. The molecule has 0 aromatic rings. The molecule has 0 radical (unpaired) electrons. The molecule has 0 aromatic heterocycles. The molecule has 1 atom stereocenters. The summed E-state index contributed by atoms with van der Waals surface area (Å²) in [6.45, 7) is 8.90. The molecule has 0 spiro atoms. The molecule has 0 aliphatic carbocycles. The first kappa shape index (κ1) is 15.3. The maximum atomic E-state index is 11.4. The average Bonchev–Trinajstić information content (AvgIpc) is 1.98. The molecule has 0 aliphatic rings. The van der Waals surface area contributed by atoms with Crippen LogP contribution in [0.5, 0.6) is 0 Å². The molecule has 0 rings (SSSR count). The van der Waals surface area contributed by atoms with Crippen molar-refractivity contribution in [1.29, 1.82) is 0 Å². The van der Waals surface area contributed by atoms with Crippen LogP contribution in [0.15, 0.2) is 0 Å². The van der Waals surface area contributed by atoms with E-state index >= 15 is 0 Å². The Morgan fingerprint density at radius 2 is 1.94 bits per heavy atom. The zero-order valence-electron chi connectivity index (χ0n) is 10.6. The smallest absolute Gasteiger partial charge is 0.407 e. The minimum atomic E-state index is -0.474. The molecule has 94 valence electrons. The summed E-state index contributed by atoms with van der Waals surface area (Å²) < 4.78 is 5.11. The second-order valence-corrected chi connectivity index (χ2v) is 5.95. The summed E-state index contributed by atoms with van der Waals surface area (Å²) in [6, 6.07) is 0.0155. The molecule has 0 aliphatic heterocycles. The molecule has 0 aromatic carbocycles. The van der Waals surface area contributed by atoms with Gasteiger partial charge in [-0.3, -0.25) is 4.79 Å². The van der Waals surface area contributed by atoms with Crippen molar-refractivity contribution < 1.29 is 14.3 Å². The summed E-state index contributed by atoms with van der Waals surface area (Å²) in [4.78, 5) is 22.0. The van der Waals surface area contributed by atoms with E-state index in [0.29, 0.717) is 5.75 Å². The van der Waals surface area contributed by atoms with Gasteiger partial charge < -0.3 is 10.1 Å². The van der Waals surface area contributed by atoms with Crippen LogP contribution in [0.25, 0.3) is 0 Å². The number of ether oxygens (including phenoxy) is 1. The summed E-state index contributed by atoms with van der Waals surface area (Å²) in [5, 5.41) is 2.83. The third-order valence-electron chi connectivity index (χ3n) is 1.62. The molecular weight excluding hydrogens is 226 g/mol. The number of alkyl carbamates (subject to hydrolysis) is 1. The van der Waals surface area contributed by atoms with Gasteiger partial charge in [0.2, 0.25) is 0 Å². The van der Waals surface area contributed by atoms with Crippen molar-refractivity contribution >= 4 is 23.0 Å². The summed E-state index contributed by atoms with van der Waals surface area (Å²) >= 11 is 1.27. The number of thioether (sulfide) groups is 1. The molecule has 0 saturated carbocycles. The quantitative estimate of drug-likeness (QED) is 0.829. The van der Waals surface area contributed by atoms with Gasteiger partial charge in [0, 0.05) is 18.7 Å². The van der Waals surface area contributed by atoms with Gasteiger partial charge in [0.1, 0.15) is 5.60 Å². The summed E-state index contributed by atoms with van der Waals surface area (Å²) in [6.07, 6.45) is 0.344. The number of rotatable bonds is 4. The predicted octanol–water partition coefficient (Wildman–Crippen LogP) is 2.57. The highest BCUT2D eigenvalue weighted by atomic mass is 32.2. The van der Waals surface area contributed by atoms with E-state index in [1.807, 2.05) is 27.7 Å². The van der Waals surface area contributed by atoms with E-state index in [1.54, 1.807) is 0 Å². The Hall–Kier alpha value is -0.710. The normalized spacial score (nSPS) is 13.1. The minimum absolute atomic E-state index is 0.0155. The Morgan fingerprint density at radius 1 is 1.38 bits per heavy atom. The highest BCUT2D eigenvalue weighted by Gasteiger charge is 2.17. The van der Waals surface area contributed by atoms with E-state index < -0.39 is 11.7 Å². The Labute approximate surface area is 101 Å². The van der Waals surface area contributed by atoms with Crippen LogP contribution >= 0.6 is 11.8 Å². The molecular formula is C11H21NO3S. The lowest BCUT2D eigenvalue weighted by Crippen LogP contribution is -2.37. The molecule has 0 heterocycles. The van der Waals surface area contributed by atoms with Gasteiger partial charge in [0.25, 0.3) is 0 Å². The van der Waals surface area contributed by atoms with Crippen LogP contribution in [-0.4, -0.2) is 28.6 Å². The first-order valence-electron chi connectivity index (χ1n) is 5.33. The van der Waals surface area contributed by atoms with Crippen LogP contribution in [-0.2, 0) is 9.53 Å². The Bertz CT molecular complexity index is 248. The molecule has 16 heavy (non-hydrogen) atoms. The lowest BCUT2D eigenvalue weighted by atomic mass is 10.2. The third kappa shape index (κ3) is 9.83. The summed E-state index contributed by atoms with van der Waals surface area (Å²) in [5.74, 6) is 0.715. The van der Waals surface area contributed by atoms with E-state index in [2.05, 4.69) is 5.32 Å². The largest absolute Gasteiger partial charge is 0.444 e. The van der Waals surface area contributed by atoms with Gasteiger partial charge >= 0.3 is 6.09 Å². The first-order chi connectivity index (χ1) is 7.20. The molecule has 1 N–H and O–H groups in total. The number of carbonyl (C=O) groups is 2. The standard InChI is InChI=1S/C11H21NO3S/c1-8(6-7-16-9(2)13)12-10(14)15-11(3,4)5/h8H,6-7H2,1-5H3,(H,12,14)/t8-/m0/s1. The van der Waals surface area contributed by atoms with Crippen molar-refractivity contribution in [1.82, 2.24) is 5.32 Å². The van der Waals surface area contributed by atoms with Crippen molar-refractivity contribution in [3.63, 3.8) is 0 Å². The maximum Gasteiger partial charge on any atom is 0.407 e. The zero-order chi connectivity index (χ0) is 12.8. The van der Waals surface area contributed by atoms with Crippen LogP contribution in [0.3, 0.4) is 0 Å². The second-order valence-electron chi connectivity index (χ2n) is 4.68. The van der Waals surface area contributed by atoms with Crippen LogP contribution in [0, 0.1) is 0 Å². The van der Waals surface area contributed by atoms with Crippen LogP contribution in [0.1, 0.15) is 41.0 Å². The monoisotopic (exact) mass is 247 g/mol. The molecule has 0 bridgehead atoms. The molecule has 4 nitrogen and oxygen atoms in total. The fourth-order valence-corrected chi connectivity index (χ4v) is 1.72. The Morgan fingerprint density at radius 3 is 2.38 bits per heavy atom. The Balaban J connectivity index is 3.74. The van der Waals surface area contributed by atoms with Gasteiger partial charge in [0.15, 0.2) is 5.12 Å². The van der Waals surface area contributed by atoms with Gasteiger partial charge in [-0.2, -0.15) is 0 Å². The van der Waals surface area contributed by atoms with Gasteiger partial charge in [-0.05, 0) is 34.1 Å². The Kier molecular flexibility index (Phi) is 6.48. The van der Waals surface area contributed by atoms with Crippen LogP contribution < -0.4 is 5.32 Å². The SMILES string of the molecule is CC(=O)SCC[C@H](C)NC(=O)OC(C)(C)C. The fourth-order valence-electron chi connectivity index (χ4n) is 0.960. The molecule has 1 amide bonds. The minimum Gasteiger partial charge on any atom is -0.444 e. The number of nitrogens with one attached hydrogen (secondary N) is 1.